The lowest BCUT2D eigenvalue weighted by Crippen LogP contribution is -2.22. The third-order valence-electron chi connectivity index (χ3n) is 3.60. The quantitative estimate of drug-likeness (QED) is 0.719. The van der Waals surface area contributed by atoms with Crippen molar-refractivity contribution in [2.45, 2.75) is 26.8 Å². The molecule has 3 aromatic heterocycles. The SMILES string of the molecule is Cc1cc(C)n(CCCN(C)c2nnc3ccccn23)n1. The minimum absolute atomic E-state index is 0.873. The molecular weight excluding hydrogens is 264 g/mol. The molecule has 0 radical (unpaired) electrons. The van der Waals surface area contributed by atoms with Gasteiger partial charge < -0.3 is 4.90 Å². The Balaban J connectivity index is 1.64. The van der Waals surface area contributed by atoms with Gasteiger partial charge in [-0.15, -0.1) is 10.2 Å². The van der Waals surface area contributed by atoms with Gasteiger partial charge in [0.1, 0.15) is 0 Å². The molecule has 21 heavy (non-hydrogen) atoms. The lowest BCUT2D eigenvalue weighted by molar-refractivity contribution is 0.559. The van der Waals surface area contributed by atoms with Crippen molar-refractivity contribution in [3.05, 3.63) is 41.9 Å². The molecule has 3 heterocycles. The van der Waals surface area contributed by atoms with Crippen molar-refractivity contribution in [2.75, 3.05) is 18.5 Å². The summed E-state index contributed by atoms with van der Waals surface area (Å²) < 4.78 is 4.06. The second-order valence-electron chi connectivity index (χ2n) is 5.35. The maximum atomic E-state index is 4.48. The molecule has 6 nitrogen and oxygen atoms in total. The van der Waals surface area contributed by atoms with Gasteiger partial charge in [0.05, 0.1) is 5.69 Å². The number of nitrogens with zero attached hydrogens (tertiary/aromatic N) is 6. The normalized spacial score (nSPS) is 11.2. The molecule has 0 N–H and O–H groups in total. The van der Waals surface area contributed by atoms with Gasteiger partial charge in [-0.05, 0) is 38.5 Å². The summed E-state index contributed by atoms with van der Waals surface area (Å²) >= 11 is 0. The second kappa shape index (κ2) is 5.55. The highest BCUT2D eigenvalue weighted by Crippen LogP contribution is 2.12. The molecule has 0 atom stereocenters. The van der Waals surface area contributed by atoms with E-state index < -0.39 is 0 Å². The van der Waals surface area contributed by atoms with Gasteiger partial charge in [0.25, 0.3) is 0 Å². The number of aromatic nitrogens is 5. The van der Waals surface area contributed by atoms with Crippen molar-refractivity contribution in [1.29, 1.82) is 0 Å². The lowest BCUT2D eigenvalue weighted by Gasteiger charge is -2.16. The fourth-order valence-electron chi connectivity index (χ4n) is 2.55. The number of rotatable bonds is 5. The van der Waals surface area contributed by atoms with E-state index in [-0.39, 0.29) is 0 Å². The second-order valence-corrected chi connectivity index (χ2v) is 5.35. The molecule has 0 aliphatic rings. The van der Waals surface area contributed by atoms with Crippen LogP contribution in [0.25, 0.3) is 5.65 Å². The molecule has 0 saturated heterocycles. The van der Waals surface area contributed by atoms with Crippen LogP contribution < -0.4 is 4.90 Å². The molecule has 6 heteroatoms. The first-order chi connectivity index (χ1) is 10.1. The van der Waals surface area contributed by atoms with Gasteiger partial charge in [-0.1, -0.05) is 6.07 Å². The Bertz CT molecular complexity index is 742. The average Bonchev–Trinajstić information content (AvgIpc) is 3.02. The zero-order chi connectivity index (χ0) is 14.8. The van der Waals surface area contributed by atoms with E-state index in [9.17, 15) is 0 Å². The van der Waals surface area contributed by atoms with Gasteiger partial charge >= 0.3 is 0 Å². The summed E-state index contributed by atoms with van der Waals surface area (Å²) in [4.78, 5) is 2.13. The maximum Gasteiger partial charge on any atom is 0.231 e. The van der Waals surface area contributed by atoms with Crippen LogP contribution in [0.2, 0.25) is 0 Å². The minimum atomic E-state index is 0.873. The molecule has 3 rings (SSSR count). The van der Waals surface area contributed by atoms with E-state index in [0.29, 0.717) is 0 Å². The van der Waals surface area contributed by atoms with Gasteiger partial charge in [0.15, 0.2) is 5.65 Å². The lowest BCUT2D eigenvalue weighted by atomic mass is 10.3. The van der Waals surface area contributed by atoms with Crippen LogP contribution in [0.15, 0.2) is 30.5 Å². The van der Waals surface area contributed by atoms with Crippen LogP contribution in [0.1, 0.15) is 17.8 Å². The van der Waals surface area contributed by atoms with Crippen LogP contribution in [0.4, 0.5) is 5.95 Å². The summed E-state index contributed by atoms with van der Waals surface area (Å²) in [7, 11) is 2.05. The Morgan fingerprint density at radius 3 is 2.81 bits per heavy atom. The Hall–Kier alpha value is -2.37. The first-order valence-electron chi connectivity index (χ1n) is 7.17. The molecule has 0 saturated carbocycles. The zero-order valence-corrected chi connectivity index (χ0v) is 12.7. The smallest absolute Gasteiger partial charge is 0.231 e. The van der Waals surface area contributed by atoms with E-state index in [2.05, 4.69) is 37.9 Å². The van der Waals surface area contributed by atoms with E-state index in [1.165, 1.54) is 5.69 Å². The molecular formula is C15H20N6. The van der Waals surface area contributed by atoms with E-state index in [4.69, 9.17) is 0 Å². The molecule has 0 aliphatic heterocycles. The van der Waals surface area contributed by atoms with Crippen molar-refractivity contribution in [3.8, 4) is 0 Å². The summed E-state index contributed by atoms with van der Waals surface area (Å²) in [5, 5.41) is 12.9. The number of fused-ring (bicyclic) bond motifs is 1. The first kappa shape index (κ1) is 13.6. The fourth-order valence-corrected chi connectivity index (χ4v) is 2.55. The van der Waals surface area contributed by atoms with Crippen LogP contribution in [-0.4, -0.2) is 38.0 Å². The van der Waals surface area contributed by atoms with Gasteiger partial charge in [-0.25, -0.2) is 0 Å². The summed E-state index contributed by atoms with van der Waals surface area (Å²) in [6.45, 7) is 5.95. The average molecular weight is 284 g/mol. The number of pyridine rings is 1. The highest BCUT2D eigenvalue weighted by Gasteiger charge is 2.09. The topological polar surface area (TPSA) is 51.2 Å². The maximum absolute atomic E-state index is 4.48. The third-order valence-corrected chi connectivity index (χ3v) is 3.60. The summed E-state index contributed by atoms with van der Waals surface area (Å²) in [6.07, 6.45) is 3.00. The number of anilines is 1. The molecule has 0 aromatic carbocycles. The van der Waals surface area contributed by atoms with E-state index >= 15 is 0 Å². The predicted octanol–water partition coefficient (Wildman–Crippen LogP) is 2.07. The van der Waals surface area contributed by atoms with Crippen molar-refractivity contribution in [3.63, 3.8) is 0 Å². The van der Waals surface area contributed by atoms with Crippen LogP contribution >= 0.6 is 0 Å². The van der Waals surface area contributed by atoms with Gasteiger partial charge in [0.2, 0.25) is 5.95 Å². The van der Waals surface area contributed by atoms with E-state index in [0.717, 1.165) is 36.8 Å². The Morgan fingerprint density at radius 1 is 1.19 bits per heavy atom. The Kier molecular flexibility index (Phi) is 3.60. The minimum Gasteiger partial charge on any atom is -0.344 e. The van der Waals surface area contributed by atoms with Crippen LogP contribution in [0.3, 0.4) is 0 Å². The number of hydrogen-bond acceptors (Lipinski definition) is 4. The molecule has 0 fully saturated rings. The standard InChI is InChI=1S/C15H20N6/c1-12-11-13(2)21(18-12)10-6-8-19(3)15-17-16-14-7-4-5-9-20(14)15/h4-5,7,9,11H,6,8,10H2,1-3H3. The van der Waals surface area contributed by atoms with Crippen molar-refractivity contribution >= 4 is 11.6 Å². The fraction of sp³-hybridized carbons (Fsp3) is 0.400. The Morgan fingerprint density at radius 2 is 2.05 bits per heavy atom. The van der Waals surface area contributed by atoms with Crippen molar-refractivity contribution in [2.24, 2.45) is 0 Å². The van der Waals surface area contributed by atoms with Crippen LogP contribution in [0.5, 0.6) is 0 Å². The molecule has 3 aromatic rings. The van der Waals surface area contributed by atoms with Crippen molar-refractivity contribution < 1.29 is 0 Å². The number of hydrogen-bond donors (Lipinski definition) is 0. The molecule has 110 valence electrons. The summed E-state index contributed by atoms with van der Waals surface area (Å²) in [6, 6.07) is 8.02. The molecule has 0 bridgehead atoms. The highest BCUT2D eigenvalue weighted by molar-refractivity contribution is 5.45. The summed E-state index contributed by atoms with van der Waals surface area (Å²) in [5.74, 6) is 0.874. The summed E-state index contributed by atoms with van der Waals surface area (Å²) in [5.41, 5.74) is 3.16. The van der Waals surface area contributed by atoms with Gasteiger partial charge in [-0.2, -0.15) is 5.10 Å². The molecule has 0 unspecified atom stereocenters. The predicted molar refractivity (Wildman–Crippen MR) is 82.6 cm³/mol. The van der Waals surface area contributed by atoms with Gasteiger partial charge in [0, 0.05) is 32.0 Å². The largest absolute Gasteiger partial charge is 0.344 e. The third kappa shape index (κ3) is 2.74. The van der Waals surface area contributed by atoms with Crippen molar-refractivity contribution in [1.82, 2.24) is 24.4 Å². The first-order valence-corrected chi connectivity index (χ1v) is 7.17. The molecule has 0 spiro atoms. The highest BCUT2D eigenvalue weighted by atomic mass is 15.4. The van der Waals surface area contributed by atoms with E-state index in [1.54, 1.807) is 0 Å². The number of aryl methyl sites for hydroxylation is 3. The Labute approximate surface area is 124 Å². The molecule has 0 aliphatic carbocycles. The van der Waals surface area contributed by atoms with Crippen LogP contribution in [-0.2, 0) is 6.54 Å². The van der Waals surface area contributed by atoms with E-state index in [1.807, 2.05) is 42.8 Å². The van der Waals surface area contributed by atoms with Crippen LogP contribution in [0, 0.1) is 13.8 Å². The monoisotopic (exact) mass is 284 g/mol. The zero-order valence-electron chi connectivity index (χ0n) is 12.7. The molecule has 0 amide bonds. The van der Waals surface area contributed by atoms with Gasteiger partial charge in [-0.3, -0.25) is 9.08 Å².